The Hall–Kier alpha value is -2.92. The Balaban J connectivity index is 1.64. The van der Waals surface area contributed by atoms with Crippen LogP contribution in [-0.4, -0.2) is 54.9 Å². The van der Waals surface area contributed by atoms with Gasteiger partial charge in [0.2, 0.25) is 0 Å². The fraction of sp³-hybridized carbons (Fsp3) is 0.400. The molecule has 0 saturated carbocycles. The second-order valence-corrected chi connectivity index (χ2v) is 7.76. The number of rotatable bonds is 6. The van der Waals surface area contributed by atoms with E-state index in [0.29, 0.717) is 22.1 Å². The van der Waals surface area contributed by atoms with Crippen molar-refractivity contribution in [2.75, 3.05) is 26.7 Å². The number of aliphatic imine (C=N–C) groups is 1. The first-order chi connectivity index (χ1) is 15.0. The van der Waals surface area contributed by atoms with Gasteiger partial charge in [-0.1, -0.05) is 0 Å². The van der Waals surface area contributed by atoms with Crippen LogP contribution in [0.2, 0.25) is 0 Å². The average Bonchev–Trinajstić information content (AvgIpc) is 3.14. The fourth-order valence-electron chi connectivity index (χ4n) is 2.88. The molecule has 2 aliphatic rings. The van der Waals surface area contributed by atoms with Gasteiger partial charge in [0, 0.05) is 37.7 Å². The van der Waals surface area contributed by atoms with Crippen LogP contribution in [0.4, 0.5) is 9.18 Å². The maximum Gasteiger partial charge on any atom is 0.412 e. The molecule has 2 aliphatic heterocycles. The summed E-state index contributed by atoms with van der Waals surface area (Å²) < 4.78 is 23.5. The first kappa shape index (κ1) is 22.8. The number of amides is 2. The molecule has 0 aliphatic carbocycles. The van der Waals surface area contributed by atoms with Crippen LogP contribution >= 0.6 is 11.8 Å². The van der Waals surface area contributed by atoms with E-state index in [1.807, 2.05) is 5.01 Å². The van der Waals surface area contributed by atoms with Gasteiger partial charge >= 0.3 is 12.1 Å². The molecule has 0 radical (unpaired) electrons. The minimum Gasteiger partial charge on any atom is -0.469 e. The minimum atomic E-state index is -0.796. The number of methoxy groups -OCH3 is 1. The largest absolute Gasteiger partial charge is 0.469 e. The van der Waals surface area contributed by atoms with Gasteiger partial charge in [0.1, 0.15) is 11.6 Å². The minimum absolute atomic E-state index is 0.0316. The number of hydrogen-bond donors (Lipinski definition) is 2. The number of hydrogen-bond acceptors (Lipinski definition) is 8. The summed E-state index contributed by atoms with van der Waals surface area (Å²) >= 11 is 1.20. The topological polar surface area (TPSA) is 109 Å². The number of esters is 1. The quantitative estimate of drug-likeness (QED) is 0.386. The second-order valence-electron chi connectivity index (χ2n) is 6.76. The van der Waals surface area contributed by atoms with Crippen molar-refractivity contribution in [2.24, 2.45) is 4.99 Å². The molecule has 1 aromatic rings. The summed E-state index contributed by atoms with van der Waals surface area (Å²) in [6.45, 7) is 1.76. The maximum absolute atomic E-state index is 13.7. The van der Waals surface area contributed by atoms with Gasteiger partial charge in [-0.15, -0.1) is 0 Å². The van der Waals surface area contributed by atoms with Crippen molar-refractivity contribution >= 4 is 41.0 Å². The molecule has 1 aromatic carbocycles. The number of thioether (sulfide) groups is 1. The van der Waals surface area contributed by atoms with Crippen molar-refractivity contribution in [3.05, 3.63) is 34.5 Å². The number of benzene rings is 1. The number of nitrogens with zero attached hydrogens (tertiary/aromatic N) is 2. The molecule has 2 N–H and O–H groups in total. The highest BCUT2D eigenvalue weighted by atomic mass is 32.2. The molecular weight excluding hydrogens is 427 g/mol. The molecular formula is C20H23FN4O5S. The van der Waals surface area contributed by atoms with Gasteiger partial charge in [0.05, 0.1) is 12.0 Å². The van der Waals surface area contributed by atoms with E-state index in [4.69, 9.17) is 4.74 Å². The summed E-state index contributed by atoms with van der Waals surface area (Å²) in [6.07, 6.45) is 3.32. The maximum atomic E-state index is 13.7. The predicted octanol–water partition coefficient (Wildman–Crippen LogP) is 2.44. The lowest BCUT2D eigenvalue weighted by molar-refractivity contribution is -0.140. The van der Waals surface area contributed by atoms with E-state index in [9.17, 15) is 18.8 Å². The van der Waals surface area contributed by atoms with E-state index in [1.54, 1.807) is 0 Å². The molecule has 166 valence electrons. The van der Waals surface area contributed by atoms with Crippen LogP contribution in [-0.2, 0) is 14.3 Å². The molecule has 1 saturated heterocycles. The summed E-state index contributed by atoms with van der Waals surface area (Å²) in [5.74, 6) is -1.41. The smallest absolute Gasteiger partial charge is 0.412 e. The Kier molecular flexibility index (Phi) is 8.01. The van der Waals surface area contributed by atoms with Gasteiger partial charge in [-0.3, -0.25) is 14.6 Å². The molecule has 0 atom stereocenters. The molecule has 9 nitrogen and oxygen atoms in total. The summed E-state index contributed by atoms with van der Waals surface area (Å²) in [7, 11) is 1.29. The zero-order valence-electron chi connectivity index (χ0n) is 17.0. The van der Waals surface area contributed by atoms with Gasteiger partial charge in [0.15, 0.2) is 5.17 Å². The monoisotopic (exact) mass is 450 g/mol. The van der Waals surface area contributed by atoms with Crippen LogP contribution in [0, 0.1) is 5.82 Å². The number of ether oxygens (including phenoxy) is 2. The zero-order chi connectivity index (χ0) is 22.2. The van der Waals surface area contributed by atoms with E-state index < -0.39 is 17.8 Å². The highest BCUT2D eigenvalue weighted by Gasteiger charge is 2.27. The zero-order valence-corrected chi connectivity index (χ0v) is 17.8. The summed E-state index contributed by atoms with van der Waals surface area (Å²) in [6, 6.07) is 3.71. The number of hydrazine groups is 1. The van der Waals surface area contributed by atoms with Gasteiger partial charge in [-0.2, -0.15) is 4.99 Å². The van der Waals surface area contributed by atoms with E-state index in [2.05, 4.69) is 20.5 Å². The Bertz CT molecular complexity index is 915. The average molecular weight is 450 g/mol. The standard InChI is InChI=1S/C20H23FN4O5S/c1-29-17(26)5-4-8-22-20(28)30-15-12-14(21)7-6-13(15)11-16-18(27)24-19(31-16)25-10-3-2-9-23-25/h6-7,11-12,23H,2-5,8-10H2,1H3,(H,22,28)/b16-11+. The van der Waals surface area contributed by atoms with Gasteiger partial charge in [0.25, 0.3) is 5.91 Å². The predicted molar refractivity (Wildman–Crippen MR) is 114 cm³/mol. The van der Waals surface area contributed by atoms with E-state index in [-0.39, 0.29) is 24.7 Å². The van der Waals surface area contributed by atoms with Crippen molar-refractivity contribution in [3.63, 3.8) is 0 Å². The lowest BCUT2D eigenvalue weighted by Gasteiger charge is -2.28. The molecule has 0 aromatic heterocycles. The number of carbonyl (C=O) groups is 3. The SMILES string of the molecule is COC(=O)CCCNC(=O)Oc1cc(F)ccc1/C=C1/SC(N2CCCCN2)=NC1=O. The number of carbonyl (C=O) groups excluding carboxylic acids is 3. The molecule has 2 amide bonds. The lowest BCUT2D eigenvalue weighted by atomic mass is 10.2. The Morgan fingerprint density at radius 3 is 2.97 bits per heavy atom. The Morgan fingerprint density at radius 1 is 1.39 bits per heavy atom. The lowest BCUT2D eigenvalue weighted by Crippen LogP contribution is -2.45. The van der Waals surface area contributed by atoms with Crippen LogP contribution in [0.3, 0.4) is 0 Å². The van der Waals surface area contributed by atoms with E-state index >= 15 is 0 Å². The molecule has 31 heavy (non-hydrogen) atoms. The molecule has 0 unspecified atom stereocenters. The molecule has 0 bridgehead atoms. The molecule has 1 fully saturated rings. The van der Waals surface area contributed by atoms with Gasteiger partial charge in [-0.25, -0.2) is 14.6 Å². The summed E-state index contributed by atoms with van der Waals surface area (Å²) in [4.78, 5) is 39.9. The normalized spacial score (nSPS) is 17.5. The van der Waals surface area contributed by atoms with E-state index in [1.165, 1.54) is 37.1 Å². The van der Waals surface area contributed by atoms with Crippen LogP contribution in [0.15, 0.2) is 28.1 Å². The number of amidine groups is 1. The molecule has 3 rings (SSSR count). The summed E-state index contributed by atoms with van der Waals surface area (Å²) in [5, 5.41) is 4.89. The molecule has 0 spiro atoms. The van der Waals surface area contributed by atoms with Gasteiger partial charge in [-0.05, 0) is 49.2 Å². The first-order valence-corrected chi connectivity index (χ1v) is 10.6. The third kappa shape index (κ3) is 6.53. The highest BCUT2D eigenvalue weighted by Crippen LogP contribution is 2.32. The van der Waals surface area contributed by atoms with Crippen LogP contribution in [0.25, 0.3) is 6.08 Å². The Labute approximate surface area is 183 Å². The Morgan fingerprint density at radius 2 is 2.23 bits per heavy atom. The summed E-state index contributed by atoms with van der Waals surface area (Å²) in [5.41, 5.74) is 3.56. The molecule has 2 heterocycles. The van der Waals surface area contributed by atoms with Crippen molar-refractivity contribution < 1.29 is 28.2 Å². The number of nitrogens with one attached hydrogen (secondary N) is 2. The number of halogens is 1. The van der Waals surface area contributed by atoms with Crippen LogP contribution < -0.4 is 15.5 Å². The van der Waals surface area contributed by atoms with Gasteiger partial charge < -0.3 is 14.8 Å². The third-order valence-corrected chi connectivity index (χ3v) is 5.48. The van der Waals surface area contributed by atoms with Crippen molar-refractivity contribution in [1.29, 1.82) is 0 Å². The van der Waals surface area contributed by atoms with Crippen LogP contribution in [0.5, 0.6) is 5.75 Å². The van der Waals surface area contributed by atoms with Crippen LogP contribution in [0.1, 0.15) is 31.2 Å². The third-order valence-electron chi connectivity index (χ3n) is 4.47. The van der Waals surface area contributed by atoms with E-state index in [0.717, 1.165) is 32.0 Å². The van der Waals surface area contributed by atoms with Crippen molar-refractivity contribution in [3.8, 4) is 5.75 Å². The second kappa shape index (κ2) is 10.9. The fourth-order valence-corrected chi connectivity index (χ4v) is 3.79. The molecule has 11 heteroatoms. The highest BCUT2D eigenvalue weighted by molar-refractivity contribution is 8.18. The van der Waals surface area contributed by atoms with Crippen molar-refractivity contribution in [2.45, 2.75) is 25.7 Å². The first-order valence-electron chi connectivity index (χ1n) is 9.82. The van der Waals surface area contributed by atoms with Crippen molar-refractivity contribution in [1.82, 2.24) is 15.8 Å².